The Balaban J connectivity index is 1.85. The SMILES string of the molecule is CS(=O)(=O)c1ncccc1N(Cc1ccc2ccc(Cl)nc2c1)C(=O)c1cncc(C(F)(F)F)c1. The standard InChI is InChI=1S/C23H16ClF3N4O3S/c1-35(33,34)21-19(3-2-8-29-21)31(22(32)16-10-17(12-28-11-16)23(25,26)27)13-14-4-5-15-6-7-20(24)30-18(15)9-14/h2-12H,13H2,1H3. The van der Waals surface area contributed by atoms with Gasteiger partial charge in [0.15, 0.2) is 14.9 Å². The maximum Gasteiger partial charge on any atom is 0.417 e. The van der Waals surface area contributed by atoms with E-state index < -0.39 is 32.5 Å². The van der Waals surface area contributed by atoms with Gasteiger partial charge in [-0.2, -0.15) is 13.2 Å². The summed E-state index contributed by atoms with van der Waals surface area (Å²) in [7, 11) is -3.89. The van der Waals surface area contributed by atoms with Crippen molar-refractivity contribution in [3.05, 3.63) is 89.0 Å². The fourth-order valence-corrected chi connectivity index (χ4v) is 4.39. The number of carbonyl (C=O) groups is 1. The third kappa shape index (κ3) is 5.41. The van der Waals surface area contributed by atoms with Crippen LogP contribution in [-0.4, -0.2) is 35.5 Å². The van der Waals surface area contributed by atoms with E-state index in [-0.39, 0.29) is 22.9 Å². The number of rotatable bonds is 5. The third-order valence-electron chi connectivity index (χ3n) is 5.01. The van der Waals surface area contributed by atoms with Crippen molar-refractivity contribution in [2.45, 2.75) is 17.7 Å². The van der Waals surface area contributed by atoms with Gasteiger partial charge < -0.3 is 4.90 Å². The number of amides is 1. The highest BCUT2D eigenvalue weighted by Crippen LogP contribution is 2.31. The van der Waals surface area contributed by atoms with Gasteiger partial charge in [-0.05, 0) is 42.0 Å². The Hall–Kier alpha value is -3.57. The highest BCUT2D eigenvalue weighted by atomic mass is 35.5. The molecule has 1 aromatic carbocycles. The lowest BCUT2D eigenvalue weighted by atomic mass is 10.1. The Labute approximate surface area is 203 Å². The van der Waals surface area contributed by atoms with Gasteiger partial charge in [-0.3, -0.25) is 9.78 Å². The van der Waals surface area contributed by atoms with Crippen molar-refractivity contribution in [3.63, 3.8) is 0 Å². The van der Waals surface area contributed by atoms with Crippen LogP contribution in [0.15, 0.2) is 72.1 Å². The zero-order chi connectivity index (χ0) is 25.4. The van der Waals surface area contributed by atoms with Gasteiger partial charge in [0, 0.05) is 30.2 Å². The van der Waals surface area contributed by atoms with Crippen LogP contribution in [0, 0.1) is 0 Å². The van der Waals surface area contributed by atoms with Gasteiger partial charge in [0.2, 0.25) is 0 Å². The van der Waals surface area contributed by atoms with E-state index in [4.69, 9.17) is 11.6 Å². The van der Waals surface area contributed by atoms with Crippen LogP contribution < -0.4 is 4.90 Å². The Bertz CT molecular complexity index is 1540. The average Bonchev–Trinajstić information content (AvgIpc) is 2.81. The molecule has 180 valence electrons. The molecule has 0 aliphatic carbocycles. The number of sulfone groups is 1. The summed E-state index contributed by atoms with van der Waals surface area (Å²) in [6.07, 6.45) is -0.955. The Kier molecular flexibility index (Phi) is 6.48. The van der Waals surface area contributed by atoms with Crippen molar-refractivity contribution >= 4 is 43.9 Å². The van der Waals surface area contributed by atoms with Crippen LogP contribution in [0.25, 0.3) is 10.9 Å². The van der Waals surface area contributed by atoms with E-state index >= 15 is 0 Å². The molecule has 0 bridgehead atoms. The molecular formula is C23H16ClF3N4O3S. The second kappa shape index (κ2) is 9.23. The van der Waals surface area contributed by atoms with Gasteiger partial charge in [0.25, 0.3) is 5.91 Å². The summed E-state index contributed by atoms with van der Waals surface area (Å²) in [5.74, 6) is -0.888. The number of benzene rings is 1. The molecule has 7 nitrogen and oxygen atoms in total. The van der Waals surface area contributed by atoms with Crippen LogP contribution in [0.4, 0.5) is 18.9 Å². The molecule has 0 saturated carbocycles. The molecule has 0 spiro atoms. The molecule has 35 heavy (non-hydrogen) atoms. The molecule has 0 aliphatic rings. The molecule has 0 fully saturated rings. The first-order valence-corrected chi connectivity index (χ1v) is 12.2. The number of nitrogens with zero attached hydrogens (tertiary/aromatic N) is 4. The minimum absolute atomic E-state index is 0.0865. The van der Waals surface area contributed by atoms with Crippen LogP contribution in [0.2, 0.25) is 5.15 Å². The fourth-order valence-electron chi connectivity index (χ4n) is 3.43. The number of hydrogen-bond donors (Lipinski definition) is 0. The molecular weight excluding hydrogens is 505 g/mol. The van der Waals surface area contributed by atoms with E-state index in [2.05, 4.69) is 15.0 Å². The molecule has 1 amide bonds. The maximum absolute atomic E-state index is 13.5. The van der Waals surface area contributed by atoms with Crippen LogP contribution in [0.1, 0.15) is 21.5 Å². The van der Waals surface area contributed by atoms with Gasteiger partial charge in [0.1, 0.15) is 5.15 Å². The number of pyridine rings is 3. The molecule has 12 heteroatoms. The van der Waals surface area contributed by atoms with E-state index in [1.807, 2.05) is 0 Å². The van der Waals surface area contributed by atoms with Crippen molar-refractivity contribution in [1.82, 2.24) is 15.0 Å². The van der Waals surface area contributed by atoms with E-state index in [0.29, 0.717) is 23.3 Å². The summed E-state index contributed by atoms with van der Waals surface area (Å²) >= 11 is 5.98. The zero-order valence-corrected chi connectivity index (χ0v) is 19.6. The Morgan fingerprint density at radius 3 is 2.54 bits per heavy atom. The number of hydrogen-bond acceptors (Lipinski definition) is 6. The second-order valence-electron chi connectivity index (χ2n) is 7.61. The van der Waals surface area contributed by atoms with Crippen molar-refractivity contribution in [2.24, 2.45) is 0 Å². The first-order chi connectivity index (χ1) is 16.4. The molecule has 4 rings (SSSR count). The first-order valence-electron chi connectivity index (χ1n) is 9.98. The molecule has 0 saturated heterocycles. The van der Waals surface area contributed by atoms with E-state index in [1.165, 1.54) is 18.3 Å². The van der Waals surface area contributed by atoms with Crippen molar-refractivity contribution < 1.29 is 26.4 Å². The summed E-state index contributed by atoms with van der Waals surface area (Å²) < 4.78 is 64.5. The molecule has 0 radical (unpaired) electrons. The van der Waals surface area contributed by atoms with Crippen molar-refractivity contribution in [3.8, 4) is 0 Å². The van der Waals surface area contributed by atoms with E-state index in [1.54, 1.807) is 30.3 Å². The highest BCUT2D eigenvalue weighted by molar-refractivity contribution is 7.90. The van der Waals surface area contributed by atoms with Gasteiger partial charge in [-0.15, -0.1) is 0 Å². The van der Waals surface area contributed by atoms with Gasteiger partial charge in [-0.25, -0.2) is 18.4 Å². The van der Waals surface area contributed by atoms with Crippen molar-refractivity contribution in [1.29, 1.82) is 0 Å². The molecule has 0 atom stereocenters. The largest absolute Gasteiger partial charge is 0.417 e. The number of fused-ring (bicyclic) bond motifs is 1. The highest BCUT2D eigenvalue weighted by Gasteiger charge is 2.33. The summed E-state index contributed by atoms with van der Waals surface area (Å²) in [6, 6.07) is 11.9. The lowest BCUT2D eigenvalue weighted by Crippen LogP contribution is -2.32. The summed E-state index contributed by atoms with van der Waals surface area (Å²) in [5.41, 5.74) is -0.509. The number of alkyl halides is 3. The number of aromatic nitrogens is 3. The normalized spacial score (nSPS) is 12.0. The smallest absolute Gasteiger partial charge is 0.301 e. The summed E-state index contributed by atoms with van der Waals surface area (Å²) in [5, 5.41) is 0.635. The third-order valence-corrected chi connectivity index (χ3v) is 6.24. The van der Waals surface area contributed by atoms with E-state index in [0.717, 1.165) is 22.7 Å². The molecule has 0 unspecified atom stereocenters. The predicted molar refractivity (Wildman–Crippen MR) is 124 cm³/mol. The number of carbonyl (C=O) groups excluding carboxylic acids is 1. The van der Waals surface area contributed by atoms with Crippen LogP contribution in [0.5, 0.6) is 0 Å². The van der Waals surface area contributed by atoms with Crippen molar-refractivity contribution in [2.75, 3.05) is 11.2 Å². The second-order valence-corrected chi connectivity index (χ2v) is 9.93. The van der Waals surface area contributed by atoms with Gasteiger partial charge in [-0.1, -0.05) is 23.7 Å². The topological polar surface area (TPSA) is 93.1 Å². The number of halogens is 4. The first kappa shape index (κ1) is 24.6. The predicted octanol–water partition coefficient (Wildman–Crippen LogP) is 4.95. The fraction of sp³-hybridized carbons (Fsp3) is 0.130. The van der Waals surface area contributed by atoms with Gasteiger partial charge >= 0.3 is 6.18 Å². The molecule has 4 aromatic rings. The molecule has 0 aliphatic heterocycles. The minimum atomic E-state index is -4.72. The Morgan fingerprint density at radius 2 is 1.83 bits per heavy atom. The molecule has 3 heterocycles. The average molecular weight is 521 g/mol. The minimum Gasteiger partial charge on any atom is -0.301 e. The zero-order valence-electron chi connectivity index (χ0n) is 18.0. The Morgan fingerprint density at radius 1 is 1.09 bits per heavy atom. The van der Waals surface area contributed by atoms with Crippen LogP contribution >= 0.6 is 11.6 Å². The lowest BCUT2D eigenvalue weighted by molar-refractivity contribution is -0.137. The maximum atomic E-state index is 13.5. The van der Waals surface area contributed by atoms with Crippen LogP contribution in [-0.2, 0) is 22.6 Å². The number of anilines is 1. The summed E-state index contributed by atoms with van der Waals surface area (Å²) in [4.78, 5) is 26.2. The summed E-state index contributed by atoms with van der Waals surface area (Å²) in [6.45, 7) is -0.187. The molecule has 0 N–H and O–H groups in total. The van der Waals surface area contributed by atoms with Crippen LogP contribution in [0.3, 0.4) is 0 Å². The quantitative estimate of drug-likeness (QED) is 0.346. The molecule has 3 aromatic heterocycles. The monoisotopic (exact) mass is 520 g/mol. The van der Waals surface area contributed by atoms with E-state index in [9.17, 15) is 26.4 Å². The lowest BCUT2D eigenvalue weighted by Gasteiger charge is -2.25. The van der Waals surface area contributed by atoms with Gasteiger partial charge in [0.05, 0.1) is 28.9 Å².